The fourth-order valence-corrected chi connectivity index (χ4v) is 3.51. The number of para-hydroxylation sites is 1. The lowest BCUT2D eigenvalue weighted by molar-refractivity contribution is -0.122. The third-order valence-corrected chi connectivity index (χ3v) is 5.03. The van der Waals surface area contributed by atoms with Gasteiger partial charge in [-0.15, -0.1) is 0 Å². The molecule has 2 aromatic rings. The molecule has 2 aromatic carbocycles. The molecule has 1 aliphatic heterocycles. The normalized spacial score (nSPS) is 15.8. The van der Waals surface area contributed by atoms with E-state index in [1.54, 1.807) is 24.1 Å². The molecule has 0 saturated carbocycles. The number of nitrogens with zero attached hydrogens (tertiary/aromatic N) is 1. The van der Waals surface area contributed by atoms with Crippen LogP contribution in [0, 0.1) is 5.92 Å². The number of hydrogen-bond donors (Lipinski definition) is 1. The van der Waals surface area contributed by atoms with Gasteiger partial charge in [0.25, 0.3) is 0 Å². The van der Waals surface area contributed by atoms with Gasteiger partial charge in [-0.3, -0.25) is 9.59 Å². The summed E-state index contributed by atoms with van der Waals surface area (Å²) in [6.45, 7) is 0.646. The van der Waals surface area contributed by atoms with Gasteiger partial charge < -0.3 is 29.2 Å². The molecule has 1 atom stereocenters. The van der Waals surface area contributed by atoms with Crippen molar-refractivity contribution in [3.05, 3.63) is 42.0 Å². The second kappa shape index (κ2) is 9.49. The lowest BCUT2D eigenvalue weighted by Crippen LogP contribution is -2.28. The highest BCUT2D eigenvalue weighted by molar-refractivity contribution is 6.04. The fourth-order valence-electron chi connectivity index (χ4n) is 3.51. The molecule has 0 aliphatic carbocycles. The number of methoxy groups -OCH3 is 4. The van der Waals surface area contributed by atoms with Crippen molar-refractivity contribution in [2.24, 2.45) is 5.92 Å². The van der Waals surface area contributed by atoms with Gasteiger partial charge >= 0.3 is 0 Å². The van der Waals surface area contributed by atoms with Crippen LogP contribution < -0.4 is 24.4 Å². The van der Waals surface area contributed by atoms with Crippen molar-refractivity contribution in [1.82, 2.24) is 0 Å². The molecular formula is C22H26N2O6. The molecule has 0 bridgehead atoms. The molecule has 1 saturated heterocycles. The van der Waals surface area contributed by atoms with Gasteiger partial charge in [-0.2, -0.15) is 0 Å². The van der Waals surface area contributed by atoms with E-state index in [1.807, 2.05) is 24.3 Å². The standard InChI is InChI=1S/C22H26N2O6/c1-27-13-14-7-5-6-8-17(14)23-22(26)15-9-20(25)24(12-15)16-10-18(28-2)21(30-4)19(11-16)29-3/h5-8,10-11,15H,9,12-13H2,1-4H3,(H,23,26). The van der Waals surface area contributed by atoms with Crippen LogP contribution in [0.3, 0.4) is 0 Å². The van der Waals surface area contributed by atoms with E-state index < -0.39 is 5.92 Å². The lowest BCUT2D eigenvalue weighted by atomic mass is 10.1. The Bertz CT molecular complexity index is 905. The zero-order chi connectivity index (χ0) is 21.7. The summed E-state index contributed by atoms with van der Waals surface area (Å²) < 4.78 is 21.3. The first-order chi connectivity index (χ1) is 14.5. The van der Waals surface area contributed by atoms with Crippen LogP contribution in [0.25, 0.3) is 0 Å². The van der Waals surface area contributed by atoms with E-state index in [2.05, 4.69) is 5.32 Å². The molecule has 0 spiro atoms. The van der Waals surface area contributed by atoms with E-state index in [0.29, 0.717) is 35.2 Å². The summed E-state index contributed by atoms with van der Waals surface area (Å²) in [6, 6.07) is 10.8. The molecule has 1 unspecified atom stereocenters. The van der Waals surface area contributed by atoms with Crippen LogP contribution in [0.4, 0.5) is 11.4 Å². The zero-order valence-corrected chi connectivity index (χ0v) is 17.6. The molecule has 1 aliphatic rings. The number of amides is 2. The molecule has 0 aromatic heterocycles. The number of rotatable bonds is 8. The minimum atomic E-state index is -0.479. The van der Waals surface area contributed by atoms with Crippen molar-refractivity contribution >= 4 is 23.2 Å². The van der Waals surface area contributed by atoms with Crippen molar-refractivity contribution < 1.29 is 28.5 Å². The molecule has 160 valence electrons. The van der Waals surface area contributed by atoms with Crippen LogP contribution >= 0.6 is 0 Å². The molecule has 0 radical (unpaired) electrons. The second-order valence-electron chi connectivity index (χ2n) is 6.87. The summed E-state index contributed by atoms with van der Waals surface area (Å²) in [7, 11) is 6.15. The van der Waals surface area contributed by atoms with E-state index in [-0.39, 0.29) is 24.8 Å². The van der Waals surface area contributed by atoms with E-state index in [0.717, 1.165) is 5.56 Å². The number of carbonyl (C=O) groups excluding carboxylic acids is 2. The van der Waals surface area contributed by atoms with Gasteiger partial charge in [-0.05, 0) is 6.07 Å². The van der Waals surface area contributed by atoms with Gasteiger partial charge in [0.05, 0.1) is 39.5 Å². The molecule has 3 rings (SSSR count). The average Bonchev–Trinajstić information content (AvgIpc) is 3.16. The van der Waals surface area contributed by atoms with Crippen molar-refractivity contribution in [1.29, 1.82) is 0 Å². The number of carbonyl (C=O) groups is 2. The van der Waals surface area contributed by atoms with E-state index in [1.165, 1.54) is 21.3 Å². The first-order valence-corrected chi connectivity index (χ1v) is 9.50. The topological polar surface area (TPSA) is 86.3 Å². The van der Waals surface area contributed by atoms with Gasteiger partial charge in [-0.25, -0.2) is 0 Å². The van der Waals surface area contributed by atoms with E-state index in [9.17, 15) is 9.59 Å². The molecule has 8 heteroatoms. The second-order valence-corrected chi connectivity index (χ2v) is 6.87. The highest BCUT2D eigenvalue weighted by Crippen LogP contribution is 2.42. The SMILES string of the molecule is COCc1ccccc1NC(=O)C1CC(=O)N(c2cc(OC)c(OC)c(OC)c2)C1. The van der Waals surface area contributed by atoms with Crippen LogP contribution in [0.1, 0.15) is 12.0 Å². The van der Waals surface area contributed by atoms with Crippen molar-refractivity contribution in [3.63, 3.8) is 0 Å². The quantitative estimate of drug-likeness (QED) is 0.715. The molecule has 1 fully saturated rings. The maximum absolute atomic E-state index is 12.8. The third-order valence-electron chi connectivity index (χ3n) is 5.03. The van der Waals surface area contributed by atoms with Crippen molar-refractivity contribution in [2.45, 2.75) is 13.0 Å². The van der Waals surface area contributed by atoms with Crippen LogP contribution in [-0.4, -0.2) is 46.8 Å². The Morgan fingerprint density at radius 2 is 1.73 bits per heavy atom. The highest BCUT2D eigenvalue weighted by Gasteiger charge is 2.36. The van der Waals surface area contributed by atoms with Crippen LogP contribution in [0.5, 0.6) is 17.2 Å². The molecule has 1 heterocycles. The fraction of sp³-hybridized carbons (Fsp3) is 0.364. The Kier molecular flexibility index (Phi) is 6.79. The lowest BCUT2D eigenvalue weighted by Gasteiger charge is -2.20. The number of anilines is 2. The third kappa shape index (κ3) is 4.33. The Hall–Kier alpha value is -3.26. The molecule has 1 N–H and O–H groups in total. The average molecular weight is 414 g/mol. The molecule has 8 nitrogen and oxygen atoms in total. The maximum atomic E-state index is 12.8. The summed E-state index contributed by atoms with van der Waals surface area (Å²) in [6.07, 6.45) is 0.120. The monoisotopic (exact) mass is 414 g/mol. The number of ether oxygens (including phenoxy) is 4. The van der Waals surface area contributed by atoms with Crippen LogP contribution in [-0.2, 0) is 20.9 Å². The summed E-state index contributed by atoms with van der Waals surface area (Å²) in [4.78, 5) is 27.1. The minimum absolute atomic E-state index is 0.120. The van der Waals surface area contributed by atoms with Crippen LogP contribution in [0.2, 0.25) is 0 Å². The van der Waals surface area contributed by atoms with Gasteiger partial charge in [0.2, 0.25) is 17.6 Å². The predicted octanol–water partition coefficient (Wildman–Crippen LogP) is 2.85. The smallest absolute Gasteiger partial charge is 0.229 e. The minimum Gasteiger partial charge on any atom is -0.493 e. The number of hydrogen-bond acceptors (Lipinski definition) is 6. The molecule has 30 heavy (non-hydrogen) atoms. The van der Waals surface area contributed by atoms with Crippen LogP contribution in [0.15, 0.2) is 36.4 Å². The Morgan fingerprint density at radius 1 is 1.07 bits per heavy atom. The predicted molar refractivity (Wildman–Crippen MR) is 112 cm³/mol. The highest BCUT2D eigenvalue weighted by atomic mass is 16.5. The largest absolute Gasteiger partial charge is 0.493 e. The van der Waals surface area contributed by atoms with E-state index >= 15 is 0 Å². The summed E-state index contributed by atoms with van der Waals surface area (Å²) in [5.74, 6) is 0.505. The maximum Gasteiger partial charge on any atom is 0.229 e. The Morgan fingerprint density at radius 3 is 2.33 bits per heavy atom. The first kappa shape index (κ1) is 21.4. The summed E-state index contributed by atoms with van der Waals surface area (Å²) in [5, 5.41) is 2.93. The Balaban J connectivity index is 1.79. The van der Waals surface area contributed by atoms with E-state index in [4.69, 9.17) is 18.9 Å². The number of benzene rings is 2. The summed E-state index contributed by atoms with van der Waals surface area (Å²) in [5.41, 5.74) is 2.15. The molecule has 2 amide bonds. The van der Waals surface area contributed by atoms with Gasteiger partial charge in [-0.1, -0.05) is 18.2 Å². The molecular weight excluding hydrogens is 388 g/mol. The summed E-state index contributed by atoms with van der Waals surface area (Å²) >= 11 is 0. The van der Waals surface area contributed by atoms with Crippen molar-refractivity contribution in [3.8, 4) is 17.2 Å². The van der Waals surface area contributed by atoms with Gasteiger partial charge in [0, 0.05) is 43.5 Å². The van der Waals surface area contributed by atoms with Crippen molar-refractivity contribution in [2.75, 3.05) is 45.2 Å². The van der Waals surface area contributed by atoms with Gasteiger partial charge in [0.15, 0.2) is 11.5 Å². The number of nitrogens with one attached hydrogen (secondary N) is 1. The van der Waals surface area contributed by atoms with Gasteiger partial charge in [0.1, 0.15) is 0 Å². The first-order valence-electron chi connectivity index (χ1n) is 9.50. The Labute approximate surface area is 175 Å². The zero-order valence-electron chi connectivity index (χ0n) is 17.6.